The fourth-order valence-corrected chi connectivity index (χ4v) is 3.21. The highest BCUT2D eigenvalue weighted by Crippen LogP contribution is 2.21. The Balaban J connectivity index is 2.48. The molecule has 0 atom stereocenters. The Bertz CT molecular complexity index is 663. The van der Waals surface area contributed by atoms with Crippen LogP contribution in [-0.2, 0) is 10.0 Å². The molecule has 0 aliphatic heterocycles. The van der Waals surface area contributed by atoms with Gasteiger partial charge in [0.25, 0.3) is 10.0 Å². The van der Waals surface area contributed by atoms with Crippen LogP contribution in [0.15, 0.2) is 29.4 Å². The maximum Gasteiger partial charge on any atom is 0.260 e. The van der Waals surface area contributed by atoms with Crippen molar-refractivity contribution < 1.29 is 8.42 Å². The molecule has 0 aromatic carbocycles. The van der Waals surface area contributed by atoms with E-state index < -0.39 is 10.0 Å². The summed E-state index contributed by atoms with van der Waals surface area (Å²) in [6.45, 7) is 2.45. The lowest BCUT2D eigenvalue weighted by Crippen LogP contribution is -2.26. The topological polar surface area (TPSA) is 75.5 Å². The summed E-state index contributed by atoms with van der Waals surface area (Å²) in [6, 6.07) is 5.37. The van der Waals surface area contributed by atoms with Crippen molar-refractivity contribution in [3.8, 4) is 0 Å². The average molecular weight is 282 g/mol. The predicted octanol–water partition coefficient (Wildman–Crippen LogP) is 1.45. The van der Waals surface area contributed by atoms with E-state index in [-0.39, 0.29) is 5.03 Å². The van der Waals surface area contributed by atoms with Gasteiger partial charge in [-0.2, -0.15) is 0 Å². The number of imidazole rings is 1. The van der Waals surface area contributed by atoms with Crippen molar-refractivity contribution in [3.05, 3.63) is 24.4 Å². The molecule has 0 aliphatic rings. The minimum Gasteiger partial charge on any atom is -0.371 e. The first kappa shape index (κ1) is 13.8. The molecule has 0 aliphatic carbocycles. The van der Waals surface area contributed by atoms with Crippen LogP contribution in [0.5, 0.6) is 0 Å². The van der Waals surface area contributed by atoms with Crippen molar-refractivity contribution in [1.29, 1.82) is 0 Å². The van der Waals surface area contributed by atoms with E-state index in [1.807, 2.05) is 13.0 Å². The van der Waals surface area contributed by atoms with Crippen LogP contribution < -0.4 is 10.0 Å². The van der Waals surface area contributed by atoms with E-state index >= 15 is 0 Å². The Labute approximate surface area is 112 Å². The smallest absolute Gasteiger partial charge is 0.260 e. The van der Waals surface area contributed by atoms with E-state index in [2.05, 4.69) is 15.0 Å². The molecule has 0 bridgehead atoms. The van der Waals surface area contributed by atoms with Gasteiger partial charge in [0.2, 0.25) is 0 Å². The highest BCUT2D eigenvalue weighted by atomic mass is 32.2. The van der Waals surface area contributed by atoms with Gasteiger partial charge < -0.3 is 5.32 Å². The normalized spacial score (nSPS) is 11.9. The lowest BCUT2D eigenvalue weighted by atomic mass is 10.3. The van der Waals surface area contributed by atoms with Crippen molar-refractivity contribution in [1.82, 2.24) is 14.1 Å². The number of unbranched alkanes of at least 4 members (excludes halogenated alkanes) is 1. The van der Waals surface area contributed by atoms with Crippen molar-refractivity contribution in [2.75, 3.05) is 18.9 Å². The van der Waals surface area contributed by atoms with Gasteiger partial charge in [-0.05, 0) is 18.6 Å². The lowest BCUT2D eigenvalue weighted by Gasteiger charge is -2.07. The number of rotatable bonds is 6. The molecule has 19 heavy (non-hydrogen) atoms. The fourth-order valence-electron chi connectivity index (χ4n) is 1.84. The van der Waals surface area contributed by atoms with Crippen molar-refractivity contribution in [3.63, 3.8) is 0 Å². The summed E-state index contributed by atoms with van der Waals surface area (Å²) < 4.78 is 28.9. The lowest BCUT2D eigenvalue weighted by molar-refractivity contribution is 0.574. The molecular weight excluding hydrogens is 264 g/mol. The van der Waals surface area contributed by atoms with E-state index in [1.54, 1.807) is 29.8 Å². The summed E-state index contributed by atoms with van der Waals surface area (Å²) >= 11 is 0. The van der Waals surface area contributed by atoms with Crippen LogP contribution in [0.4, 0.5) is 5.82 Å². The zero-order chi connectivity index (χ0) is 13.9. The van der Waals surface area contributed by atoms with Gasteiger partial charge in [-0.25, -0.2) is 18.1 Å². The molecule has 2 aromatic heterocycles. The molecule has 6 nitrogen and oxygen atoms in total. The molecule has 0 spiro atoms. The van der Waals surface area contributed by atoms with Crippen molar-refractivity contribution in [2.24, 2.45) is 0 Å². The minimum atomic E-state index is -3.57. The maximum absolute atomic E-state index is 12.3. The Kier molecular flexibility index (Phi) is 4.06. The van der Waals surface area contributed by atoms with Gasteiger partial charge in [-0.15, -0.1) is 0 Å². The number of hydrogen-bond donors (Lipinski definition) is 2. The largest absolute Gasteiger partial charge is 0.371 e. The van der Waals surface area contributed by atoms with Crippen LogP contribution in [-0.4, -0.2) is 31.4 Å². The molecule has 7 heteroatoms. The molecule has 0 saturated heterocycles. The third-order valence-electron chi connectivity index (χ3n) is 2.80. The molecule has 0 saturated carbocycles. The molecule has 0 amide bonds. The highest BCUT2D eigenvalue weighted by molar-refractivity contribution is 7.89. The third-order valence-corrected chi connectivity index (χ3v) is 4.28. The molecule has 0 unspecified atom stereocenters. The zero-order valence-corrected chi connectivity index (χ0v) is 11.9. The van der Waals surface area contributed by atoms with Gasteiger partial charge in [0.15, 0.2) is 10.8 Å². The number of nitrogens with one attached hydrogen (secondary N) is 2. The summed E-state index contributed by atoms with van der Waals surface area (Å²) in [5, 5.41) is 2.98. The van der Waals surface area contributed by atoms with E-state index in [4.69, 9.17) is 0 Å². The molecule has 0 fully saturated rings. The molecule has 2 aromatic rings. The summed E-state index contributed by atoms with van der Waals surface area (Å²) in [6.07, 6.45) is 3.44. The summed E-state index contributed by atoms with van der Waals surface area (Å²) in [5.41, 5.74) is 0.600. The molecule has 2 rings (SSSR count). The number of sulfonamides is 1. The zero-order valence-electron chi connectivity index (χ0n) is 11.0. The van der Waals surface area contributed by atoms with Crippen LogP contribution >= 0.6 is 0 Å². The van der Waals surface area contributed by atoms with E-state index in [9.17, 15) is 8.42 Å². The fraction of sp³-hybridized carbons (Fsp3) is 0.417. The number of hydrogen-bond acceptors (Lipinski definition) is 4. The Hall–Kier alpha value is -1.60. The monoisotopic (exact) mass is 282 g/mol. The molecule has 2 N–H and O–H groups in total. The quantitative estimate of drug-likeness (QED) is 0.786. The van der Waals surface area contributed by atoms with Crippen molar-refractivity contribution in [2.45, 2.75) is 24.8 Å². The SMILES string of the molecule is CCCCNS(=O)(=O)c1c(NC)nc2ccccn12. The van der Waals surface area contributed by atoms with Gasteiger partial charge in [0.1, 0.15) is 5.65 Å². The van der Waals surface area contributed by atoms with Crippen LogP contribution in [0, 0.1) is 0 Å². The van der Waals surface area contributed by atoms with Crippen LogP contribution in [0.1, 0.15) is 19.8 Å². The highest BCUT2D eigenvalue weighted by Gasteiger charge is 2.23. The van der Waals surface area contributed by atoms with E-state index in [1.165, 1.54) is 0 Å². The average Bonchev–Trinajstić information content (AvgIpc) is 2.78. The number of nitrogens with zero attached hydrogens (tertiary/aromatic N) is 2. The number of pyridine rings is 1. The first-order chi connectivity index (χ1) is 9.10. The van der Waals surface area contributed by atoms with Gasteiger partial charge >= 0.3 is 0 Å². The molecule has 2 heterocycles. The standard InChI is InChI=1S/C12H18N4O2S/c1-3-4-8-14-19(17,18)12-11(13-2)15-10-7-5-6-9-16(10)12/h5-7,9,13-14H,3-4,8H2,1-2H3. The van der Waals surface area contributed by atoms with E-state index in [0.29, 0.717) is 18.0 Å². The van der Waals surface area contributed by atoms with Gasteiger partial charge in [0, 0.05) is 19.8 Å². The number of aromatic nitrogens is 2. The predicted molar refractivity (Wildman–Crippen MR) is 74.8 cm³/mol. The van der Waals surface area contributed by atoms with Crippen LogP contribution in [0.2, 0.25) is 0 Å². The second-order valence-electron chi connectivity index (χ2n) is 4.20. The number of fused-ring (bicyclic) bond motifs is 1. The number of anilines is 1. The molecule has 104 valence electrons. The minimum absolute atomic E-state index is 0.154. The second kappa shape index (κ2) is 5.58. The molecular formula is C12H18N4O2S. The third kappa shape index (κ3) is 2.71. The first-order valence-electron chi connectivity index (χ1n) is 6.24. The summed E-state index contributed by atoms with van der Waals surface area (Å²) in [5.74, 6) is 0.357. The van der Waals surface area contributed by atoms with E-state index in [0.717, 1.165) is 12.8 Å². The second-order valence-corrected chi connectivity index (χ2v) is 5.88. The van der Waals surface area contributed by atoms with Gasteiger partial charge in [0.05, 0.1) is 0 Å². The Morgan fingerprint density at radius 1 is 1.37 bits per heavy atom. The van der Waals surface area contributed by atoms with Crippen LogP contribution in [0.25, 0.3) is 5.65 Å². The maximum atomic E-state index is 12.3. The van der Waals surface area contributed by atoms with Crippen LogP contribution in [0.3, 0.4) is 0 Å². The summed E-state index contributed by atoms with van der Waals surface area (Å²) in [7, 11) is -1.91. The molecule has 0 radical (unpaired) electrons. The Morgan fingerprint density at radius 3 is 2.84 bits per heavy atom. The van der Waals surface area contributed by atoms with Gasteiger partial charge in [-0.3, -0.25) is 4.40 Å². The van der Waals surface area contributed by atoms with Gasteiger partial charge in [-0.1, -0.05) is 19.4 Å². The Morgan fingerprint density at radius 2 is 2.16 bits per heavy atom. The first-order valence-corrected chi connectivity index (χ1v) is 7.73. The van der Waals surface area contributed by atoms with Crippen molar-refractivity contribution >= 4 is 21.5 Å². The summed E-state index contributed by atoms with van der Waals surface area (Å²) in [4.78, 5) is 4.26.